The molecule has 1 aliphatic rings. The van der Waals surface area contributed by atoms with Gasteiger partial charge >= 0.3 is 0 Å². The highest BCUT2D eigenvalue weighted by atomic mass is 15.2. The number of hydrogen-bond acceptors (Lipinski definition) is 3. The Hall–Kier alpha value is -1.71. The summed E-state index contributed by atoms with van der Waals surface area (Å²) in [6, 6.07) is 12.9. The highest BCUT2D eigenvalue weighted by Crippen LogP contribution is 2.52. The Bertz CT molecular complexity index is 576. The zero-order valence-electron chi connectivity index (χ0n) is 11.8. The van der Waals surface area contributed by atoms with Crippen LogP contribution in [0, 0.1) is 6.92 Å². The molecule has 104 valence electrons. The van der Waals surface area contributed by atoms with Gasteiger partial charge in [0.25, 0.3) is 0 Å². The first-order chi connectivity index (χ1) is 9.78. The van der Waals surface area contributed by atoms with Crippen LogP contribution in [-0.4, -0.2) is 4.98 Å². The Labute approximate surface area is 120 Å². The van der Waals surface area contributed by atoms with Crippen molar-refractivity contribution < 1.29 is 0 Å². The Kier molecular flexibility index (Phi) is 3.55. The summed E-state index contributed by atoms with van der Waals surface area (Å²) in [5, 5.41) is 0. The molecular weight excluding hydrogens is 246 g/mol. The van der Waals surface area contributed by atoms with E-state index in [2.05, 4.69) is 53.7 Å². The minimum Gasteiger partial charge on any atom is -0.271 e. The lowest BCUT2D eigenvalue weighted by atomic mass is 9.58. The molecule has 0 bridgehead atoms. The third kappa shape index (κ3) is 2.03. The summed E-state index contributed by atoms with van der Waals surface area (Å²) in [4.78, 5) is 4.28. The van der Waals surface area contributed by atoms with Crippen LogP contribution in [0.15, 0.2) is 48.8 Å². The van der Waals surface area contributed by atoms with E-state index in [-0.39, 0.29) is 11.5 Å². The molecule has 1 saturated carbocycles. The Morgan fingerprint density at radius 3 is 2.50 bits per heavy atom. The molecule has 3 N–H and O–H groups in total. The molecule has 0 amide bonds. The number of nitrogens with one attached hydrogen (secondary N) is 1. The van der Waals surface area contributed by atoms with Crippen molar-refractivity contribution in [2.75, 3.05) is 0 Å². The summed E-state index contributed by atoms with van der Waals surface area (Å²) < 4.78 is 0. The zero-order valence-corrected chi connectivity index (χ0v) is 11.8. The predicted molar refractivity (Wildman–Crippen MR) is 81.0 cm³/mol. The molecule has 0 saturated heterocycles. The van der Waals surface area contributed by atoms with E-state index in [1.165, 1.54) is 36.0 Å². The van der Waals surface area contributed by atoms with Crippen molar-refractivity contribution in [1.82, 2.24) is 10.4 Å². The molecule has 1 aliphatic carbocycles. The maximum absolute atomic E-state index is 5.93. The van der Waals surface area contributed by atoms with Gasteiger partial charge in [0.1, 0.15) is 0 Å². The van der Waals surface area contributed by atoms with E-state index in [0.29, 0.717) is 0 Å². The summed E-state index contributed by atoms with van der Waals surface area (Å²) in [5.41, 5.74) is 6.98. The van der Waals surface area contributed by atoms with Crippen molar-refractivity contribution in [3.63, 3.8) is 0 Å². The number of aryl methyl sites for hydroxylation is 1. The van der Waals surface area contributed by atoms with E-state index in [0.717, 1.165) is 0 Å². The zero-order chi connectivity index (χ0) is 14.0. The van der Waals surface area contributed by atoms with Gasteiger partial charge in [-0.05, 0) is 42.5 Å². The maximum atomic E-state index is 5.93. The fourth-order valence-corrected chi connectivity index (χ4v) is 3.40. The predicted octanol–water partition coefficient (Wildman–Crippen LogP) is 3.02. The van der Waals surface area contributed by atoms with Gasteiger partial charge in [0.05, 0.1) is 6.04 Å². The van der Waals surface area contributed by atoms with Crippen molar-refractivity contribution in [2.45, 2.75) is 37.6 Å². The fraction of sp³-hybridized carbons (Fsp3) is 0.353. The van der Waals surface area contributed by atoms with Gasteiger partial charge in [-0.2, -0.15) is 0 Å². The largest absolute Gasteiger partial charge is 0.271 e. The lowest BCUT2D eigenvalue weighted by Gasteiger charge is -2.48. The molecule has 1 aromatic heterocycles. The number of aromatic nitrogens is 1. The topological polar surface area (TPSA) is 50.9 Å². The van der Waals surface area contributed by atoms with Gasteiger partial charge in [0.2, 0.25) is 0 Å². The van der Waals surface area contributed by atoms with Crippen molar-refractivity contribution in [1.29, 1.82) is 0 Å². The number of pyridine rings is 1. The van der Waals surface area contributed by atoms with Gasteiger partial charge in [-0.15, -0.1) is 0 Å². The molecule has 3 rings (SSSR count). The molecule has 20 heavy (non-hydrogen) atoms. The average molecular weight is 267 g/mol. The highest BCUT2D eigenvalue weighted by molar-refractivity contribution is 5.37. The van der Waals surface area contributed by atoms with Crippen molar-refractivity contribution in [3.05, 3.63) is 65.5 Å². The van der Waals surface area contributed by atoms with Crippen LogP contribution >= 0.6 is 0 Å². The third-order valence-electron chi connectivity index (χ3n) is 4.70. The molecule has 3 heteroatoms. The smallest absolute Gasteiger partial charge is 0.0574 e. The van der Waals surface area contributed by atoms with Crippen LogP contribution in [-0.2, 0) is 5.41 Å². The lowest BCUT2D eigenvalue weighted by Crippen LogP contribution is -2.49. The second-order valence-electron chi connectivity index (χ2n) is 5.71. The van der Waals surface area contributed by atoms with Gasteiger partial charge in [-0.25, -0.2) is 0 Å². The van der Waals surface area contributed by atoms with Gasteiger partial charge in [0.15, 0.2) is 0 Å². The van der Waals surface area contributed by atoms with Crippen LogP contribution in [0.1, 0.15) is 42.0 Å². The van der Waals surface area contributed by atoms with Crippen LogP contribution in [0.3, 0.4) is 0 Å². The Morgan fingerprint density at radius 1 is 1.20 bits per heavy atom. The molecule has 3 nitrogen and oxygen atoms in total. The quantitative estimate of drug-likeness (QED) is 0.661. The van der Waals surface area contributed by atoms with E-state index in [9.17, 15) is 0 Å². The molecule has 1 fully saturated rings. The summed E-state index contributed by atoms with van der Waals surface area (Å²) in [6.07, 6.45) is 7.37. The van der Waals surface area contributed by atoms with Gasteiger partial charge in [-0.1, -0.05) is 36.8 Å². The highest BCUT2D eigenvalue weighted by Gasteiger charge is 2.46. The van der Waals surface area contributed by atoms with Crippen LogP contribution in [0.4, 0.5) is 0 Å². The molecule has 2 aromatic rings. The average Bonchev–Trinajstić information content (AvgIpc) is 2.45. The monoisotopic (exact) mass is 267 g/mol. The Balaban J connectivity index is 2.05. The fourth-order valence-electron chi connectivity index (χ4n) is 3.40. The van der Waals surface area contributed by atoms with Crippen LogP contribution in [0.5, 0.6) is 0 Å². The van der Waals surface area contributed by atoms with Crippen LogP contribution in [0.25, 0.3) is 0 Å². The molecule has 1 unspecified atom stereocenters. The maximum Gasteiger partial charge on any atom is 0.0574 e. The molecule has 1 atom stereocenters. The molecular formula is C17H21N3. The molecule has 0 radical (unpaired) electrons. The molecule has 1 aromatic carbocycles. The normalized spacial score (nSPS) is 18.3. The summed E-state index contributed by atoms with van der Waals surface area (Å²) in [7, 11) is 0. The van der Waals surface area contributed by atoms with Crippen molar-refractivity contribution >= 4 is 0 Å². The number of nitrogens with two attached hydrogens (primary N) is 1. The van der Waals surface area contributed by atoms with E-state index >= 15 is 0 Å². The molecule has 0 spiro atoms. The number of nitrogens with zero attached hydrogens (tertiary/aromatic N) is 1. The number of hydrazine groups is 1. The summed E-state index contributed by atoms with van der Waals surface area (Å²) in [6.45, 7) is 2.12. The summed E-state index contributed by atoms with van der Waals surface area (Å²) in [5.74, 6) is 5.93. The van der Waals surface area contributed by atoms with E-state index in [1.54, 1.807) is 0 Å². The van der Waals surface area contributed by atoms with Gasteiger partial charge in [0, 0.05) is 17.8 Å². The van der Waals surface area contributed by atoms with Crippen LogP contribution in [0.2, 0.25) is 0 Å². The minimum atomic E-state index is 0.101. The first-order valence-electron chi connectivity index (χ1n) is 7.20. The summed E-state index contributed by atoms with van der Waals surface area (Å²) >= 11 is 0. The second-order valence-corrected chi connectivity index (χ2v) is 5.71. The number of rotatable bonds is 4. The van der Waals surface area contributed by atoms with Crippen molar-refractivity contribution in [2.24, 2.45) is 5.84 Å². The van der Waals surface area contributed by atoms with E-state index < -0.39 is 0 Å². The third-order valence-corrected chi connectivity index (χ3v) is 4.70. The second kappa shape index (κ2) is 5.35. The first kappa shape index (κ1) is 13.3. The first-order valence-corrected chi connectivity index (χ1v) is 7.20. The van der Waals surface area contributed by atoms with E-state index in [1.807, 2.05) is 12.4 Å². The minimum absolute atomic E-state index is 0.101. The van der Waals surface area contributed by atoms with Gasteiger partial charge < -0.3 is 0 Å². The van der Waals surface area contributed by atoms with Crippen molar-refractivity contribution in [3.8, 4) is 0 Å². The lowest BCUT2D eigenvalue weighted by molar-refractivity contribution is 0.169. The molecule has 1 heterocycles. The molecule has 0 aliphatic heterocycles. The number of benzene rings is 1. The van der Waals surface area contributed by atoms with Gasteiger partial charge in [-0.3, -0.25) is 16.3 Å². The number of hydrogen-bond donors (Lipinski definition) is 2. The standard InChI is InChI=1S/C17H21N3/c1-13-8-11-19-12-15(13)16(20-18)17(9-5-10-17)14-6-3-2-4-7-14/h2-4,6-8,11-12,16,20H,5,9-10,18H2,1H3. The SMILES string of the molecule is Cc1ccncc1C(NN)C1(c2ccccc2)CCC1. The Morgan fingerprint density at radius 2 is 1.95 bits per heavy atom. The van der Waals surface area contributed by atoms with E-state index in [4.69, 9.17) is 5.84 Å². The van der Waals surface area contributed by atoms with Crippen LogP contribution < -0.4 is 11.3 Å².